The first-order chi connectivity index (χ1) is 11.5. The van der Waals surface area contributed by atoms with Gasteiger partial charge in [-0.3, -0.25) is 0 Å². The summed E-state index contributed by atoms with van der Waals surface area (Å²) < 4.78 is 35.8. The highest BCUT2D eigenvalue weighted by Crippen LogP contribution is 2.32. The highest BCUT2D eigenvalue weighted by atomic mass is 32.2. The molecule has 124 valence electrons. The monoisotopic (exact) mass is 343 g/mol. The summed E-state index contributed by atoms with van der Waals surface area (Å²) in [6.07, 6.45) is 2.92. The minimum atomic E-state index is -3.96. The molecule has 0 bridgehead atoms. The highest BCUT2D eigenvalue weighted by molar-refractivity contribution is 7.87. The van der Waals surface area contributed by atoms with E-state index in [1.54, 1.807) is 19.1 Å². The molecule has 3 rings (SSSR count). The maximum atomic E-state index is 12.6. The average Bonchev–Trinajstić information content (AvgIpc) is 3.04. The summed E-state index contributed by atoms with van der Waals surface area (Å²) in [4.78, 5) is 0.134. The summed E-state index contributed by atoms with van der Waals surface area (Å²) in [5.41, 5.74) is 2.63. The Labute approximate surface area is 141 Å². The molecule has 0 atom stereocenters. The summed E-state index contributed by atoms with van der Waals surface area (Å²) in [6, 6.07) is 11.5. The SMILES string of the molecule is CCOc1cc(C#N)ccc1OS(=O)(=O)c1ccc2c(c1)CCC2. The van der Waals surface area contributed by atoms with Crippen molar-refractivity contribution < 1.29 is 17.3 Å². The topological polar surface area (TPSA) is 76.4 Å². The number of nitriles is 1. The molecule has 0 amide bonds. The Morgan fingerprint density at radius 2 is 1.88 bits per heavy atom. The fraction of sp³-hybridized carbons (Fsp3) is 0.278. The molecule has 0 heterocycles. The highest BCUT2D eigenvalue weighted by Gasteiger charge is 2.22. The van der Waals surface area contributed by atoms with E-state index in [0.717, 1.165) is 24.8 Å². The van der Waals surface area contributed by atoms with Gasteiger partial charge in [0, 0.05) is 6.07 Å². The van der Waals surface area contributed by atoms with Gasteiger partial charge < -0.3 is 8.92 Å². The maximum absolute atomic E-state index is 12.6. The Balaban J connectivity index is 1.93. The number of hydrogen-bond donors (Lipinski definition) is 0. The summed E-state index contributed by atoms with van der Waals surface area (Å²) in [7, 11) is -3.96. The fourth-order valence-corrected chi connectivity index (χ4v) is 3.78. The molecule has 0 aliphatic heterocycles. The lowest BCUT2D eigenvalue weighted by molar-refractivity contribution is 0.327. The Kier molecular flexibility index (Phi) is 4.45. The molecule has 2 aromatic carbocycles. The predicted molar refractivity (Wildman–Crippen MR) is 88.6 cm³/mol. The van der Waals surface area contributed by atoms with Gasteiger partial charge in [0.05, 0.1) is 18.2 Å². The first-order valence-electron chi connectivity index (χ1n) is 7.76. The molecule has 2 aromatic rings. The van der Waals surface area contributed by atoms with E-state index in [2.05, 4.69) is 0 Å². The third kappa shape index (κ3) is 3.22. The zero-order valence-electron chi connectivity index (χ0n) is 13.3. The number of fused-ring (bicyclic) bond motifs is 1. The summed E-state index contributed by atoms with van der Waals surface area (Å²) in [5.74, 6) is 0.317. The molecular formula is C18H17NO4S. The lowest BCUT2D eigenvalue weighted by Gasteiger charge is -2.12. The quantitative estimate of drug-likeness (QED) is 0.779. The number of nitrogens with zero attached hydrogens (tertiary/aromatic N) is 1. The van der Waals surface area contributed by atoms with Crippen molar-refractivity contribution in [1.82, 2.24) is 0 Å². The van der Waals surface area contributed by atoms with Crippen molar-refractivity contribution in [2.75, 3.05) is 6.61 Å². The van der Waals surface area contributed by atoms with E-state index in [1.165, 1.54) is 23.8 Å². The van der Waals surface area contributed by atoms with Crippen LogP contribution in [0.3, 0.4) is 0 Å². The lowest BCUT2D eigenvalue weighted by Crippen LogP contribution is -2.11. The summed E-state index contributed by atoms with van der Waals surface area (Å²) in [5, 5.41) is 8.96. The normalized spacial score (nSPS) is 13.2. The molecule has 0 aromatic heterocycles. The summed E-state index contributed by atoms with van der Waals surface area (Å²) >= 11 is 0. The molecule has 1 aliphatic rings. The van der Waals surface area contributed by atoms with Crippen molar-refractivity contribution in [3.63, 3.8) is 0 Å². The fourth-order valence-electron chi connectivity index (χ4n) is 2.78. The van der Waals surface area contributed by atoms with Gasteiger partial charge >= 0.3 is 10.1 Å². The number of benzene rings is 2. The number of hydrogen-bond acceptors (Lipinski definition) is 5. The molecule has 24 heavy (non-hydrogen) atoms. The van der Waals surface area contributed by atoms with Crippen molar-refractivity contribution in [1.29, 1.82) is 5.26 Å². The van der Waals surface area contributed by atoms with Crippen molar-refractivity contribution in [3.8, 4) is 17.6 Å². The van der Waals surface area contributed by atoms with Crippen molar-refractivity contribution in [3.05, 3.63) is 53.1 Å². The standard InChI is InChI=1S/C18H17NO4S/c1-2-22-18-10-13(12-19)6-9-17(18)23-24(20,21)16-8-7-14-4-3-5-15(14)11-16/h6-11H,2-5H2,1H3. The Bertz CT molecular complexity index is 913. The van der Waals surface area contributed by atoms with E-state index in [4.69, 9.17) is 14.2 Å². The van der Waals surface area contributed by atoms with Crippen LogP contribution >= 0.6 is 0 Å². The number of aryl methyl sites for hydroxylation is 2. The third-order valence-electron chi connectivity index (χ3n) is 3.93. The van der Waals surface area contributed by atoms with E-state index in [1.807, 2.05) is 12.1 Å². The second-order valence-electron chi connectivity index (χ2n) is 5.53. The molecule has 6 heteroatoms. The molecule has 0 saturated carbocycles. The van der Waals surface area contributed by atoms with Crippen LogP contribution in [0.15, 0.2) is 41.3 Å². The van der Waals surface area contributed by atoms with Gasteiger partial charge in [-0.2, -0.15) is 13.7 Å². The van der Waals surface area contributed by atoms with Crippen LogP contribution in [-0.4, -0.2) is 15.0 Å². The molecule has 0 saturated heterocycles. The predicted octanol–water partition coefficient (Wildman–Crippen LogP) is 3.21. The number of rotatable bonds is 5. The molecule has 0 unspecified atom stereocenters. The van der Waals surface area contributed by atoms with Gasteiger partial charge in [-0.1, -0.05) is 6.07 Å². The summed E-state index contributed by atoms with van der Waals surface area (Å²) in [6.45, 7) is 2.11. The molecule has 1 aliphatic carbocycles. The molecule has 0 fully saturated rings. The molecule has 0 N–H and O–H groups in total. The Morgan fingerprint density at radius 1 is 1.08 bits per heavy atom. The van der Waals surface area contributed by atoms with E-state index in [-0.39, 0.29) is 16.4 Å². The minimum absolute atomic E-state index is 0.0800. The van der Waals surface area contributed by atoms with Crippen molar-refractivity contribution in [2.45, 2.75) is 31.1 Å². The third-order valence-corrected chi connectivity index (χ3v) is 5.16. The zero-order chi connectivity index (χ0) is 17.2. The van der Waals surface area contributed by atoms with E-state index in [9.17, 15) is 8.42 Å². The van der Waals surface area contributed by atoms with Gasteiger partial charge in [-0.05, 0) is 61.6 Å². The molecular weight excluding hydrogens is 326 g/mol. The first kappa shape index (κ1) is 16.3. The molecule has 0 radical (unpaired) electrons. The first-order valence-corrected chi connectivity index (χ1v) is 9.17. The van der Waals surface area contributed by atoms with Gasteiger partial charge in [0.1, 0.15) is 4.90 Å². The second-order valence-corrected chi connectivity index (χ2v) is 7.07. The van der Waals surface area contributed by atoms with Crippen LogP contribution < -0.4 is 8.92 Å². The van der Waals surface area contributed by atoms with Gasteiger partial charge in [-0.25, -0.2) is 0 Å². The maximum Gasteiger partial charge on any atom is 0.339 e. The van der Waals surface area contributed by atoms with Gasteiger partial charge in [0.25, 0.3) is 0 Å². The lowest BCUT2D eigenvalue weighted by atomic mass is 10.1. The largest absolute Gasteiger partial charge is 0.490 e. The smallest absolute Gasteiger partial charge is 0.339 e. The van der Waals surface area contributed by atoms with Crippen LogP contribution in [0.4, 0.5) is 0 Å². The second kappa shape index (κ2) is 6.54. The van der Waals surface area contributed by atoms with E-state index >= 15 is 0 Å². The van der Waals surface area contributed by atoms with Crippen LogP contribution in [0.1, 0.15) is 30.0 Å². The van der Waals surface area contributed by atoms with Gasteiger partial charge in [0.2, 0.25) is 0 Å². The zero-order valence-corrected chi connectivity index (χ0v) is 14.1. The van der Waals surface area contributed by atoms with Crippen LogP contribution in [0, 0.1) is 11.3 Å². The van der Waals surface area contributed by atoms with Crippen LogP contribution in [0.5, 0.6) is 11.5 Å². The van der Waals surface area contributed by atoms with Gasteiger partial charge in [0.15, 0.2) is 11.5 Å². The van der Waals surface area contributed by atoms with Gasteiger partial charge in [-0.15, -0.1) is 0 Å². The van der Waals surface area contributed by atoms with Crippen LogP contribution in [0.25, 0.3) is 0 Å². The molecule has 0 spiro atoms. The Morgan fingerprint density at radius 3 is 2.62 bits per heavy atom. The number of ether oxygens (including phenoxy) is 1. The Hall–Kier alpha value is -2.52. The molecule has 5 nitrogen and oxygen atoms in total. The van der Waals surface area contributed by atoms with Crippen LogP contribution in [-0.2, 0) is 23.0 Å². The van der Waals surface area contributed by atoms with E-state index < -0.39 is 10.1 Å². The van der Waals surface area contributed by atoms with Crippen molar-refractivity contribution in [2.24, 2.45) is 0 Å². The van der Waals surface area contributed by atoms with Crippen molar-refractivity contribution >= 4 is 10.1 Å². The minimum Gasteiger partial charge on any atom is -0.490 e. The average molecular weight is 343 g/mol. The van der Waals surface area contributed by atoms with Crippen LogP contribution in [0.2, 0.25) is 0 Å². The van der Waals surface area contributed by atoms with E-state index in [0.29, 0.717) is 12.2 Å².